The molecule has 0 spiro atoms. The lowest BCUT2D eigenvalue weighted by atomic mass is 10.4. The smallest absolute Gasteiger partial charge is 0.233 e. The minimum atomic E-state index is 0.0384. The number of aryl methyl sites for hydroxylation is 1. The lowest BCUT2D eigenvalue weighted by Gasteiger charge is -2.07. The van der Waals surface area contributed by atoms with E-state index in [1.54, 1.807) is 6.20 Å². The standard InChI is InChI=1S/C11H20N4O/c1-3-5-14-11(16)9-12-8-10-13-6-7-15(10)4-2/h6-7,12H,3-5,8-9H2,1-2H3,(H,14,16). The SMILES string of the molecule is CCCNC(=O)CNCc1nccn1CC. The number of imidazole rings is 1. The first-order valence-electron chi connectivity index (χ1n) is 5.75. The molecule has 0 fully saturated rings. The van der Waals surface area contributed by atoms with Gasteiger partial charge < -0.3 is 15.2 Å². The molecule has 1 aromatic heterocycles. The van der Waals surface area contributed by atoms with Crippen LogP contribution in [0.2, 0.25) is 0 Å². The lowest BCUT2D eigenvalue weighted by molar-refractivity contribution is -0.120. The summed E-state index contributed by atoms with van der Waals surface area (Å²) in [5.74, 6) is 1.00. The van der Waals surface area contributed by atoms with E-state index in [2.05, 4.69) is 27.1 Å². The van der Waals surface area contributed by atoms with Crippen LogP contribution in [-0.4, -0.2) is 28.5 Å². The van der Waals surface area contributed by atoms with Crippen molar-refractivity contribution in [3.05, 3.63) is 18.2 Å². The van der Waals surface area contributed by atoms with Crippen molar-refractivity contribution >= 4 is 5.91 Å². The second kappa shape index (κ2) is 7.00. The second-order valence-corrected chi connectivity index (χ2v) is 3.58. The highest BCUT2D eigenvalue weighted by atomic mass is 16.1. The van der Waals surface area contributed by atoms with E-state index in [1.807, 2.05) is 13.1 Å². The van der Waals surface area contributed by atoms with Crippen molar-refractivity contribution in [2.24, 2.45) is 0 Å². The molecule has 16 heavy (non-hydrogen) atoms. The molecule has 0 bridgehead atoms. The maximum Gasteiger partial charge on any atom is 0.233 e. The van der Waals surface area contributed by atoms with Gasteiger partial charge >= 0.3 is 0 Å². The summed E-state index contributed by atoms with van der Waals surface area (Å²) >= 11 is 0. The monoisotopic (exact) mass is 224 g/mol. The van der Waals surface area contributed by atoms with Crippen molar-refractivity contribution in [2.45, 2.75) is 33.4 Å². The predicted molar refractivity (Wildman–Crippen MR) is 62.9 cm³/mol. The summed E-state index contributed by atoms with van der Waals surface area (Å²) in [5.41, 5.74) is 0. The average Bonchev–Trinajstić information content (AvgIpc) is 2.74. The first kappa shape index (κ1) is 12.7. The fourth-order valence-corrected chi connectivity index (χ4v) is 1.41. The molecule has 0 unspecified atom stereocenters. The highest BCUT2D eigenvalue weighted by molar-refractivity contribution is 5.77. The number of rotatable bonds is 7. The molecule has 90 valence electrons. The number of hydrogen-bond acceptors (Lipinski definition) is 3. The Balaban J connectivity index is 2.22. The van der Waals surface area contributed by atoms with Gasteiger partial charge in [0.2, 0.25) is 5.91 Å². The molecule has 0 aliphatic carbocycles. The van der Waals surface area contributed by atoms with Crippen molar-refractivity contribution in [3.8, 4) is 0 Å². The molecule has 0 radical (unpaired) electrons. The van der Waals surface area contributed by atoms with Gasteiger partial charge in [-0.05, 0) is 13.3 Å². The Hall–Kier alpha value is -1.36. The predicted octanol–water partition coefficient (Wildman–Crippen LogP) is 0.519. The zero-order chi connectivity index (χ0) is 11.8. The van der Waals surface area contributed by atoms with Crippen molar-refractivity contribution in [3.63, 3.8) is 0 Å². The third-order valence-electron chi connectivity index (χ3n) is 2.28. The molecular weight excluding hydrogens is 204 g/mol. The lowest BCUT2D eigenvalue weighted by Crippen LogP contribution is -2.34. The number of carbonyl (C=O) groups is 1. The zero-order valence-electron chi connectivity index (χ0n) is 9.99. The summed E-state index contributed by atoms with van der Waals surface area (Å²) < 4.78 is 2.05. The van der Waals surface area contributed by atoms with Gasteiger partial charge in [-0.2, -0.15) is 0 Å². The van der Waals surface area contributed by atoms with Gasteiger partial charge in [0.15, 0.2) is 0 Å². The van der Waals surface area contributed by atoms with Crippen LogP contribution in [0, 0.1) is 0 Å². The van der Waals surface area contributed by atoms with Crippen LogP contribution in [0.3, 0.4) is 0 Å². The van der Waals surface area contributed by atoms with E-state index in [0.29, 0.717) is 13.1 Å². The van der Waals surface area contributed by atoms with Crippen LogP contribution in [0.25, 0.3) is 0 Å². The van der Waals surface area contributed by atoms with E-state index in [0.717, 1.165) is 25.3 Å². The van der Waals surface area contributed by atoms with E-state index in [1.165, 1.54) is 0 Å². The van der Waals surface area contributed by atoms with Crippen LogP contribution in [0.5, 0.6) is 0 Å². The number of hydrogen-bond donors (Lipinski definition) is 2. The van der Waals surface area contributed by atoms with Gasteiger partial charge in [0.05, 0.1) is 13.1 Å². The van der Waals surface area contributed by atoms with Crippen LogP contribution >= 0.6 is 0 Å². The van der Waals surface area contributed by atoms with Crippen LogP contribution in [0.4, 0.5) is 0 Å². The molecule has 0 aromatic carbocycles. The Labute approximate surface area is 96.3 Å². The molecule has 1 amide bonds. The van der Waals surface area contributed by atoms with Crippen LogP contribution < -0.4 is 10.6 Å². The molecule has 2 N–H and O–H groups in total. The van der Waals surface area contributed by atoms with E-state index < -0.39 is 0 Å². The van der Waals surface area contributed by atoms with Crippen LogP contribution in [-0.2, 0) is 17.9 Å². The molecule has 1 aromatic rings. The summed E-state index contributed by atoms with van der Waals surface area (Å²) in [6.07, 6.45) is 4.68. The fourth-order valence-electron chi connectivity index (χ4n) is 1.41. The number of carbonyl (C=O) groups excluding carboxylic acids is 1. The summed E-state index contributed by atoms with van der Waals surface area (Å²) in [5, 5.41) is 5.89. The summed E-state index contributed by atoms with van der Waals surface area (Å²) in [6.45, 7) is 6.71. The van der Waals surface area contributed by atoms with E-state index in [4.69, 9.17) is 0 Å². The van der Waals surface area contributed by atoms with E-state index >= 15 is 0 Å². The maximum atomic E-state index is 11.3. The Bertz CT molecular complexity index is 322. The Morgan fingerprint density at radius 3 is 3.00 bits per heavy atom. The first-order valence-corrected chi connectivity index (χ1v) is 5.75. The maximum absolute atomic E-state index is 11.3. The minimum Gasteiger partial charge on any atom is -0.355 e. The van der Waals surface area contributed by atoms with Gasteiger partial charge in [-0.25, -0.2) is 4.98 Å². The fraction of sp³-hybridized carbons (Fsp3) is 0.636. The number of nitrogens with zero attached hydrogens (tertiary/aromatic N) is 2. The summed E-state index contributed by atoms with van der Waals surface area (Å²) in [7, 11) is 0. The van der Waals surface area contributed by atoms with Gasteiger partial charge in [-0.1, -0.05) is 6.92 Å². The quantitative estimate of drug-likeness (QED) is 0.710. The molecule has 0 saturated carbocycles. The molecular formula is C11H20N4O. The van der Waals surface area contributed by atoms with Gasteiger partial charge in [0.25, 0.3) is 0 Å². The Morgan fingerprint density at radius 2 is 2.31 bits per heavy atom. The van der Waals surface area contributed by atoms with Gasteiger partial charge in [-0.15, -0.1) is 0 Å². The molecule has 5 heteroatoms. The normalized spacial score (nSPS) is 10.4. The van der Waals surface area contributed by atoms with Crippen molar-refractivity contribution in [1.82, 2.24) is 20.2 Å². The summed E-state index contributed by atoms with van der Waals surface area (Å²) in [4.78, 5) is 15.5. The minimum absolute atomic E-state index is 0.0384. The molecule has 0 atom stereocenters. The van der Waals surface area contributed by atoms with Gasteiger partial charge in [0, 0.05) is 25.5 Å². The second-order valence-electron chi connectivity index (χ2n) is 3.58. The molecule has 0 aliphatic rings. The van der Waals surface area contributed by atoms with Crippen molar-refractivity contribution in [2.75, 3.05) is 13.1 Å². The number of amides is 1. The van der Waals surface area contributed by atoms with E-state index in [-0.39, 0.29) is 5.91 Å². The third-order valence-corrected chi connectivity index (χ3v) is 2.28. The molecule has 0 aliphatic heterocycles. The van der Waals surface area contributed by atoms with Crippen LogP contribution in [0.1, 0.15) is 26.1 Å². The van der Waals surface area contributed by atoms with Crippen molar-refractivity contribution < 1.29 is 4.79 Å². The van der Waals surface area contributed by atoms with Gasteiger partial charge in [-0.3, -0.25) is 4.79 Å². The Morgan fingerprint density at radius 1 is 1.50 bits per heavy atom. The Kier molecular flexibility index (Phi) is 5.56. The zero-order valence-corrected chi connectivity index (χ0v) is 9.99. The van der Waals surface area contributed by atoms with Crippen molar-refractivity contribution in [1.29, 1.82) is 0 Å². The number of nitrogens with one attached hydrogen (secondary N) is 2. The van der Waals surface area contributed by atoms with Crippen LogP contribution in [0.15, 0.2) is 12.4 Å². The topological polar surface area (TPSA) is 59.0 Å². The first-order chi connectivity index (χ1) is 7.77. The molecule has 5 nitrogen and oxygen atoms in total. The van der Waals surface area contributed by atoms with Gasteiger partial charge in [0.1, 0.15) is 5.82 Å². The summed E-state index contributed by atoms with van der Waals surface area (Å²) in [6, 6.07) is 0. The highest BCUT2D eigenvalue weighted by Gasteiger charge is 2.02. The average molecular weight is 224 g/mol. The third kappa shape index (κ3) is 4.02. The largest absolute Gasteiger partial charge is 0.355 e. The molecule has 0 saturated heterocycles. The number of aromatic nitrogens is 2. The molecule has 1 rings (SSSR count). The highest BCUT2D eigenvalue weighted by Crippen LogP contribution is 1.95. The molecule has 1 heterocycles. The van der Waals surface area contributed by atoms with E-state index in [9.17, 15) is 4.79 Å².